The maximum Gasteiger partial charge on any atom is 0.290 e. The lowest BCUT2D eigenvalue weighted by atomic mass is 10.1. The lowest BCUT2D eigenvalue weighted by Gasteiger charge is -2.25. The Morgan fingerprint density at radius 3 is 2.47 bits per heavy atom. The topological polar surface area (TPSA) is 86.5 Å². The van der Waals surface area contributed by atoms with E-state index in [0.717, 1.165) is 22.3 Å². The number of aromatic nitrogens is 1. The molecular formula is C27H27N3O6. The van der Waals surface area contributed by atoms with Crippen molar-refractivity contribution in [2.24, 2.45) is 0 Å². The first-order valence-electron chi connectivity index (χ1n) is 11.4. The van der Waals surface area contributed by atoms with E-state index in [-0.39, 0.29) is 25.0 Å². The minimum atomic E-state index is -0.236. The van der Waals surface area contributed by atoms with Crippen LogP contribution in [0.1, 0.15) is 21.7 Å². The quantitative estimate of drug-likeness (QED) is 0.358. The molecule has 2 aromatic carbocycles. The van der Waals surface area contributed by atoms with E-state index in [1.165, 1.54) is 6.26 Å². The van der Waals surface area contributed by atoms with E-state index in [4.69, 9.17) is 28.3 Å². The fourth-order valence-corrected chi connectivity index (χ4v) is 4.31. The van der Waals surface area contributed by atoms with Crippen LogP contribution in [-0.2, 0) is 13.1 Å². The van der Waals surface area contributed by atoms with Crippen LogP contribution < -0.4 is 23.8 Å². The fraction of sp³-hybridized carbons (Fsp3) is 0.259. The van der Waals surface area contributed by atoms with Gasteiger partial charge in [0, 0.05) is 31.6 Å². The monoisotopic (exact) mass is 489 g/mol. The molecule has 0 saturated carbocycles. The van der Waals surface area contributed by atoms with Gasteiger partial charge in [-0.2, -0.15) is 0 Å². The van der Waals surface area contributed by atoms with Gasteiger partial charge in [0.1, 0.15) is 22.8 Å². The Hall–Kier alpha value is -4.40. The molecule has 0 aliphatic carbocycles. The van der Waals surface area contributed by atoms with Gasteiger partial charge in [-0.15, -0.1) is 0 Å². The second-order valence-electron chi connectivity index (χ2n) is 8.56. The Bertz CT molecular complexity index is 1400. The highest BCUT2D eigenvalue weighted by Gasteiger charge is 2.24. The van der Waals surface area contributed by atoms with E-state index in [0.29, 0.717) is 35.1 Å². The third kappa shape index (κ3) is 4.35. The molecule has 186 valence electrons. The van der Waals surface area contributed by atoms with E-state index in [1.54, 1.807) is 31.3 Å². The summed E-state index contributed by atoms with van der Waals surface area (Å²) < 4.78 is 27.6. The number of benzene rings is 2. The number of ether oxygens (including phenoxy) is 4. The van der Waals surface area contributed by atoms with E-state index in [2.05, 4.69) is 0 Å². The smallest absolute Gasteiger partial charge is 0.290 e. The zero-order chi connectivity index (χ0) is 25.2. The molecule has 0 N–H and O–H groups in total. The maximum atomic E-state index is 13.5. The van der Waals surface area contributed by atoms with Crippen LogP contribution in [-0.4, -0.2) is 50.9 Å². The molecule has 1 amide bonds. The summed E-state index contributed by atoms with van der Waals surface area (Å²) in [6.07, 6.45) is 1.49. The van der Waals surface area contributed by atoms with E-state index in [9.17, 15) is 4.79 Å². The number of nitrogens with zero attached hydrogens (tertiary/aromatic N) is 3. The third-order valence-corrected chi connectivity index (χ3v) is 6.02. The number of rotatable bonds is 8. The number of anilines is 1. The molecule has 0 atom stereocenters. The van der Waals surface area contributed by atoms with Crippen LogP contribution in [0, 0.1) is 0 Å². The minimum absolute atomic E-state index is 0.189. The lowest BCUT2D eigenvalue weighted by Crippen LogP contribution is -2.30. The van der Waals surface area contributed by atoms with Gasteiger partial charge < -0.3 is 33.2 Å². The number of methoxy groups -OCH3 is 2. The molecule has 5 rings (SSSR count). The van der Waals surface area contributed by atoms with Crippen molar-refractivity contribution in [3.05, 3.63) is 71.7 Å². The van der Waals surface area contributed by atoms with Crippen LogP contribution in [0.15, 0.2) is 59.2 Å². The molecule has 3 heterocycles. The Labute approximate surface area is 208 Å². The van der Waals surface area contributed by atoms with Crippen LogP contribution in [0.3, 0.4) is 0 Å². The molecule has 36 heavy (non-hydrogen) atoms. The Balaban J connectivity index is 1.58. The predicted octanol–water partition coefficient (Wildman–Crippen LogP) is 4.48. The summed E-state index contributed by atoms with van der Waals surface area (Å²) >= 11 is 0. The summed E-state index contributed by atoms with van der Waals surface area (Å²) in [6, 6.07) is 14.7. The highest BCUT2D eigenvalue weighted by Crippen LogP contribution is 2.36. The molecule has 1 aliphatic heterocycles. The van der Waals surface area contributed by atoms with Gasteiger partial charge in [-0.25, -0.2) is 4.98 Å². The molecule has 9 nitrogen and oxygen atoms in total. The first-order chi connectivity index (χ1) is 17.5. The normalized spacial score (nSPS) is 12.0. The number of hydrogen-bond acceptors (Lipinski definition) is 8. The summed E-state index contributed by atoms with van der Waals surface area (Å²) in [5.74, 6) is 3.41. The molecule has 4 aromatic rings. The van der Waals surface area contributed by atoms with Crippen molar-refractivity contribution in [2.75, 3.05) is 40.0 Å². The van der Waals surface area contributed by atoms with Crippen molar-refractivity contribution in [1.82, 2.24) is 9.88 Å². The number of amides is 1. The number of carbonyl (C=O) groups is 1. The predicted molar refractivity (Wildman–Crippen MR) is 134 cm³/mol. The Morgan fingerprint density at radius 2 is 1.75 bits per heavy atom. The van der Waals surface area contributed by atoms with Crippen molar-refractivity contribution < 1.29 is 28.2 Å². The van der Waals surface area contributed by atoms with Crippen molar-refractivity contribution in [1.29, 1.82) is 0 Å². The third-order valence-electron chi connectivity index (χ3n) is 6.02. The molecule has 2 aromatic heterocycles. The summed E-state index contributed by atoms with van der Waals surface area (Å²) in [5.41, 5.74) is 2.43. The average Bonchev–Trinajstić information content (AvgIpc) is 3.59. The van der Waals surface area contributed by atoms with Gasteiger partial charge in [0.2, 0.25) is 6.79 Å². The maximum absolute atomic E-state index is 13.5. The Kier molecular flexibility index (Phi) is 6.28. The first-order valence-corrected chi connectivity index (χ1v) is 11.4. The summed E-state index contributed by atoms with van der Waals surface area (Å²) in [4.78, 5) is 22.1. The molecular weight excluding hydrogens is 462 g/mol. The highest BCUT2D eigenvalue weighted by molar-refractivity contribution is 5.93. The van der Waals surface area contributed by atoms with Crippen molar-refractivity contribution >= 4 is 22.6 Å². The van der Waals surface area contributed by atoms with Gasteiger partial charge in [0.15, 0.2) is 17.3 Å². The van der Waals surface area contributed by atoms with E-state index in [1.807, 2.05) is 55.4 Å². The molecule has 0 saturated heterocycles. The first kappa shape index (κ1) is 23.3. The summed E-state index contributed by atoms with van der Waals surface area (Å²) in [5, 5.41) is 0.797. The standard InChI is InChI=1S/C27H27N3O6/c1-29(2)26-18(13-19-20(32-3)9-10-22(33-4)25(19)28-26)15-30(27(31)23-6-5-11-34-23)14-17-7-8-21-24(12-17)36-16-35-21/h5-13H,14-16H2,1-4H3. The molecule has 1 aliphatic rings. The number of carbonyl (C=O) groups excluding carboxylic acids is 1. The van der Waals surface area contributed by atoms with Gasteiger partial charge in [0.25, 0.3) is 5.91 Å². The summed E-state index contributed by atoms with van der Waals surface area (Å²) in [7, 11) is 7.07. The average molecular weight is 490 g/mol. The SMILES string of the molecule is COc1ccc(OC)c2nc(N(C)C)c(CN(Cc3ccc4c(c3)OCO4)C(=O)c3ccco3)cc12. The van der Waals surface area contributed by atoms with Crippen LogP contribution in [0.5, 0.6) is 23.0 Å². The van der Waals surface area contributed by atoms with Gasteiger partial charge in [0.05, 0.1) is 27.0 Å². The minimum Gasteiger partial charge on any atom is -0.496 e. The van der Waals surface area contributed by atoms with Crippen molar-refractivity contribution in [2.45, 2.75) is 13.1 Å². The highest BCUT2D eigenvalue weighted by atomic mass is 16.7. The van der Waals surface area contributed by atoms with Crippen molar-refractivity contribution in [3.63, 3.8) is 0 Å². The lowest BCUT2D eigenvalue weighted by molar-refractivity contribution is 0.0697. The van der Waals surface area contributed by atoms with Crippen LogP contribution in [0.4, 0.5) is 5.82 Å². The molecule has 0 radical (unpaired) electrons. The zero-order valence-corrected chi connectivity index (χ0v) is 20.6. The van der Waals surface area contributed by atoms with Crippen LogP contribution in [0.25, 0.3) is 10.9 Å². The number of fused-ring (bicyclic) bond motifs is 2. The number of hydrogen-bond donors (Lipinski definition) is 0. The second-order valence-corrected chi connectivity index (χ2v) is 8.56. The van der Waals surface area contributed by atoms with Gasteiger partial charge in [-0.1, -0.05) is 6.07 Å². The van der Waals surface area contributed by atoms with Gasteiger partial charge in [-0.3, -0.25) is 4.79 Å². The Morgan fingerprint density at radius 1 is 0.972 bits per heavy atom. The number of furan rings is 1. The van der Waals surface area contributed by atoms with Crippen LogP contribution >= 0.6 is 0 Å². The van der Waals surface area contributed by atoms with Gasteiger partial charge >= 0.3 is 0 Å². The van der Waals surface area contributed by atoms with Gasteiger partial charge in [-0.05, 0) is 48.0 Å². The molecule has 0 fully saturated rings. The zero-order valence-electron chi connectivity index (χ0n) is 20.6. The molecule has 0 unspecified atom stereocenters. The fourth-order valence-electron chi connectivity index (χ4n) is 4.31. The number of pyridine rings is 1. The van der Waals surface area contributed by atoms with E-state index < -0.39 is 0 Å². The summed E-state index contributed by atoms with van der Waals surface area (Å²) in [6.45, 7) is 0.801. The van der Waals surface area contributed by atoms with E-state index >= 15 is 0 Å². The van der Waals surface area contributed by atoms with Crippen LogP contribution in [0.2, 0.25) is 0 Å². The molecule has 0 bridgehead atoms. The second kappa shape index (κ2) is 9.69. The molecule has 0 spiro atoms. The largest absolute Gasteiger partial charge is 0.496 e. The van der Waals surface area contributed by atoms with Crippen molar-refractivity contribution in [3.8, 4) is 23.0 Å². The molecule has 9 heteroatoms.